The monoisotopic (exact) mass is 437 g/mol. The van der Waals surface area contributed by atoms with Crippen molar-refractivity contribution >= 4 is 5.97 Å². The van der Waals surface area contributed by atoms with Crippen LogP contribution in [0.1, 0.15) is 23.2 Å². The lowest BCUT2D eigenvalue weighted by molar-refractivity contribution is -0.140. The Morgan fingerprint density at radius 2 is 1.55 bits per heavy atom. The number of nitrogens with zero attached hydrogens (tertiary/aromatic N) is 3. The summed E-state index contributed by atoms with van der Waals surface area (Å²) in [6, 6.07) is 26.5. The lowest BCUT2D eigenvalue weighted by atomic mass is 10.0. The molecular weight excluding hydrogens is 414 g/mol. The van der Waals surface area contributed by atoms with Gasteiger partial charge in [-0.1, -0.05) is 42.5 Å². The van der Waals surface area contributed by atoms with Crippen molar-refractivity contribution in [2.75, 3.05) is 7.11 Å². The van der Waals surface area contributed by atoms with Crippen LogP contribution in [0.5, 0.6) is 0 Å². The van der Waals surface area contributed by atoms with Crippen LogP contribution in [-0.2, 0) is 16.0 Å². The summed E-state index contributed by atoms with van der Waals surface area (Å²) < 4.78 is 8.09. The van der Waals surface area contributed by atoms with Crippen LogP contribution in [0.25, 0.3) is 22.6 Å². The maximum absolute atomic E-state index is 13.6. The third-order valence-electron chi connectivity index (χ3n) is 5.63. The van der Waals surface area contributed by atoms with Gasteiger partial charge in [-0.2, -0.15) is 5.26 Å². The Hall–Kier alpha value is -4.37. The molecule has 1 aromatic heterocycles. The summed E-state index contributed by atoms with van der Waals surface area (Å²) in [5.74, 6) is -0.243. The van der Waals surface area contributed by atoms with Crippen molar-refractivity contribution in [3.8, 4) is 28.7 Å². The Kier molecular flexibility index (Phi) is 6.23. The third-order valence-corrected chi connectivity index (χ3v) is 5.63. The molecule has 1 heterocycles. The van der Waals surface area contributed by atoms with Gasteiger partial charge >= 0.3 is 11.7 Å². The van der Waals surface area contributed by atoms with Crippen LogP contribution in [0.2, 0.25) is 0 Å². The first-order valence-corrected chi connectivity index (χ1v) is 10.6. The molecule has 0 fully saturated rings. The van der Waals surface area contributed by atoms with Crippen molar-refractivity contribution in [1.29, 1.82) is 5.26 Å². The second-order valence-electron chi connectivity index (χ2n) is 7.65. The van der Waals surface area contributed by atoms with E-state index in [2.05, 4.69) is 6.07 Å². The second-order valence-corrected chi connectivity index (χ2v) is 7.65. The summed E-state index contributed by atoms with van der Waals surface area (Å²) in [6.45, 7) is 1.92. The minimum Gasteiger partial charge on any atom is -0.469 e. The number of esters is 1. The number of benzene rings is 3. The van der Waals surface area contributed by atoms with Crippen molar-refractivity contribution in [1.82, 2.24) is 9.13 Å². The molecule has 0 N–H and O–H groups in total. The number of para-hydroxylation sites is 1. The molecule has 0 radical (unpaired) electrons. The molecule has 3 aromatic carbocycles. The Bertz CT molecular complexity index is 1370. The van der Waals surface area contributed by atoms with Crippen LogP contribution < -0.4 is 5.69 Å². The highest BCUT2D eigenvalue weighted by Gasteiger charge is 2.20. The van der Waals surface area contributed by atoms with Gasteiger partial charge in [0.15, 0.2) is 0 Å². The number of carbonyl (C=O) groups excluding carboxylic acids is 1. The third kappa shape index (κ3) is 4.35. The zero-order valence-corrected chi connectivity index (χ0v) is 18.5. The summed E-state index contributed by atoms with van der Waals surface area (Å²) in [5.41, 5.74) is 5.29. The van der Waals surface area contributed by atoms with Gasteiger partial charge in [0.05, 0.1) is 35.8 Å². The average Bonchev–Trinajstić information content (AvgIpc) is 3.13. The van der Waals surface area contributed by atoms with E-state index in [1.807, 2.05) is 61.5 Å². The number of carbonyl (C=O) groups is 1. The van der Waals surface area contributed by atoms with Crippen molar-refractivity contribution in [2.24, 2.45) is 0 Å². The molecule has 0 aliphatic heterocycles. The second kappa shape index (κ2) is 9.41. The van der Waals surface area contributed by atoms with Crippen LogP contribution in [0.4, 0.5) is 0 Å². The Balaban J connectivity index is 1.84. The van der Waals surface area contributed by atoms with Crippen molar-refractivity contribution in [3.63, 3.8) is 0 Å². The van der Waals surface area contributed by atoms with Gasteiger partial charge in [-0.05, 0) is 55.3 Å². The van der Waals surface area contributed by atoms with Crippen LogP contribution in [0.3, 0.4) is 0 Å². The Morgan fingerprint density at radius 3 is 2.15 bits per heavy atom. The Labute approximate surface area is 191 Å². The molecule has 0 saturated carbocycles. The fourth-order valence-corrected chi connectivity index (χ4v) is 3.93. The standard InChI is InChI=1S/C27H23N3O3/c1-19-26(22-13-8-20(9-14-22)12-17-25(31)33-2)30(23-6-4-3-5-7-23)27(32)29(19)24-15-10-21(18-28)11-16-24/h3-11,13-16H,12,17H2,1-2H3. The molecule has 0 bridgehead atoms. The Morgan fingerprint density at radius 1 is 0.909 bits per heavy atom. The molecule has 4 aromatic rings. The van der Waals surface area contributed by atoms with Gasteiger partial charge in [-0.15, -0.1) is 0 Å². The van der Waals surface area contributed by atoms with Gasteiger partial charge < -0.3 is 4.74 Å². The van der Waals surface area contributed by atoms with E-state index >= 15 is 0 Å². The first-order valence-electron chi connectivity index (χ1n) is 10.6. The highest BCUT2D eigenvalue weighted by molar-refractivity contribution is 5.70. The molecule has 33 heavy (non-hydrogen) atoms. The van der Waals surface area contributed by atoms with Gasteiger partial charge in [0.25, 0.3) is 0 Å². The zero-order valence-electron chi connectivity index (χ0n) is 18.5. The van der Waals surface area contributed by atoms with Gasteiger partial charge in [0, 0.05) is 17.7 Å². The van der Waals surface area contributed by atoms with Crippen molar-refractivity contribution in [3.05, 3.63) is 106 Å². The molecule has 4 rings (SSSR count). The first-order chi connectivity index (χ1) is 16.0. The number of ether oxygens (including phenoxy) is 1. The van der Waals surface area contributed by atoms with E-state index < -0.39 is 0 Å². The van der Waals surface area contributed by atoms with E-state index in [1.54, 1.807) is 33.4 Å². The number of methoxy groups -OCH3 is 1. The van der Waals surface area contributed by atoms with E-state index in [4.69, 9.17) is 10.00 Å². The number of hydrogen-bond donors (Lipinski definition) is 0. The fraction of sp³-hybridized carbons (Fsp3) is 0.148. The average molecular weight is 437 g/mol. The molecule has 0 spiro atoms. The molecule has 0 aliphatic carbocycles. The maximum atomic E-state index is 13.6. The molecule has 0 unspecified atom stereocenters. The fourth-order valence-electron chi connectivity index (χ4n) is 3.93. The molecule has 0 saturated heterocycles. The molecular formula is C27H23N3O3. The zero-order chi connectivity index (χ0) is 23.4. The van der Waals surface area contributed by atoms with E-state index in [9.17, 15) is 9.59 Å². The van der Waals surface area contributed by atoms with Gasteiger partial charge in [-0.3, -0.25) is 13.9 Å². The van der Waals surface area contributed by atoms with Crippen molar-refractivity contribution < 1.29 is 9.53 Å². The molecule has 0 atom stereocenters. The number of imidazole rings is 1. The van der Waals surface area contributed by atoms with E-state index in [0.717, 1.165) is 28.2 Å². The highest BCUT2D eigenvalue weighted by atomic mass is 16.5. The predicted octanol–water partition coefficient (Wildman–Crippen LogP) is 4.58. The summed E-state index contributed by atoms with van der Waals surface area (Å²) in [4.78, 5) is 25.1. The van der Waals surface area contributed by atoms with Gasteiger partial charge in [-0.25, -0.2) is 4.79 Å². The number of aromatic nitrogens is 2. The van der Waals surface area contributed by atoms with Crippen LogP contribution >= 0.6 is 0 Å². The molecule has 164 valence electrons. The summed E-state index contributed by atoms with van der Waals surface area (Å²) in [5, 5.41) is 9.11. The lowest BCUT2D eigenvalue weighted by Gasteiger charge is -2.10. The molecule has 6 nitrogen and oxygen atoms in total. The number of aryl methyl sites for hydroxylation is 1. The van der Waals surface area contributed by atoms with Crippen molar-refractivity contribution in [2.45, 2.75) is 19.8 Å². The van der Waals surface area contributed by atoms with Gasteiger partial charge in [0.2, 0.25) is 0 Å². The minimum atomic E-state index is -0.243. The van der Waals surface area contributed by atoms with Crippen LogP contribution in [-0.4, -0.2) is 22.2 Å². The molecule has 0 aliphatic rings. The predicted molar refractivity (Wildman–Crippen MR) is 127 cm³/mol. The number of nitriles is 1. The normalized spacial score (nSPS) is 10.6. The van der Waals surface area contributed by atoms with Crippen LogP contribution in [0, 0.1) is 18.3 Å². The topological polar surface area (TPSA) is 77.0 Å². The van der Waals surface area contributed by atoms with Crippen LogP contribution in [0.15, 0.2) is 83.7 Å². The quantitative estimate of drug-likeness (QED) is 0.414. The molecule has 0 amide bonds. The van der Waals surface area contributed by atoms with E-state index in [0.29, 0.717) is 24.1 Å². The SMILES string of the molecule is COC(=O)CCc1ccc(-c2c(C)n(-c3ccc(C#N)cc3)c(=O)n2-c2ccccc2)cc1. The number of rotatable bonds is 6. The summed E-state index contributed by atoms with van der Waals surface area (Å²) in [6.07, 6.45) is 0.905. The highest BCUT2D eigenvalue weighted by Crippen LogP contribution is 2.28. The molecule has 6 heteroatoms. The largest absolute Gasteiger partial charge is 0.469 e. The lowest BCUT2D eigenvalue weighted by Crippen LogP contribution is -2.22. The number of hydrogen-bond acceptors (Lipinski definition) is 4. The minimum absolute atomic E-state index is 0.187. The van der Waals surface area contributed by atoms with E-state index in [1.165, 1.54) is 7.11 Å². The van der Waals surface area contributed by atoms with E-state index in [-0.39, 0.29) is 11.7 Å². The summed E-state index contributed by atoms with van der Waals surface area (Å²) >= 11 is 0. The smallest absolute Gasteiger partial charge is 0.338 e. The van der Waals surface area contributed by atoms with Gasteiger partial charge in [0.1, 0.15) is 0 Å². The summed E-state index contributed by atoms with van der Waals surface area (Å²) in [7, 11) is 1.38. The maximum Gasteiger partial charge on any atom is 0.338 e. The first kappa shape index (κ1) is 21.8.